The van der Waals surface area contributed by atoms with Crippen molar-refractivity contribution in [2.45, 2.75) is 31.1 Å². The summed E-state index contributed by atoms with van der Waals surface area (Å²) in [5.41, 5.74) is 0. The van der Waals surface area contributed by atoms with Crippen molar-refractivity contribution in [2.75, 3.05) is 31.9 Å². The van der Waals surface area contributed by atoms with E-state index < -0.39 is 0 Å². The van der Waals surface area contributed by atoms with Gasteiger partial charge in [0.05, 0.1) is 26.2 Å². The van der Waals surface area contributed by atoms with Gasteiger partial charge < -0.3 is 4.48 Å². The molecule has 0 N–H and O–H groups in total. The van der Waals surface area contributed by atoms with Crippen LogP contribution in [0.1, 0.15) is 26.2 Å². The first-order chi connectivity index (χ1) is 9.67. The highest BCUT2D eigenvalue weighted by molar-refractivity contribution is 7.99. The lowest BCUT2D eigenvalue weighted by Gasteiger charge is -2.38. The van der Waals surface area contributed by atoms with E-state index in [4.69, 9.17) is 0 Å². The molecule has 1 aromatic rings. The molecule has 2 unspecified atom stereocenters. The van der Waals surface area contributed by atoms with E-state index >= 15 is 0 Å². The van der Waals surface area contributed by atoms with E-state index in [2.05, 4.69) is 6.92 Å². The molecule has 0 saturated carbocycles. The molecule has 2 saturated heterocycles. The quantitative estimate of drug-likeness (QED) is 0.595. The van der Waals surface area contributed by atoms with Gasteiger partial charge in [0.2, 0.25) is 0 Å². The van der Waals surface area contributed by atoms with Gasteiger partial charge in [-0.15, -0.1) is 11.8 Å². The highest BCUT2D eigenvalue weighted by Gasteiger charge is 2.43. The Kier molecular flexibility index (Phi) is 4.37. The van der Waals surface area contributed by atoms with Gasteiger partial charge in [-0.3, -0.25) is 0 Å². The van der Waals surface area contributed by atoms with Crippen LogP contribution in [0.4, 0.5) is 4.39 Å². The minimum atomic E-state index is -0.138. The second kappa shape index (κ2) is 6.07. The number of hydrogen-bond acceptors (Lipinski definition) is 1. The molecule has 1 aromatic carbocycles. The largest absolute Gasteiger partial charge is 0.323 e. The Hall–Kier alpha value is -0.540. The van der Waals surface area contributed by atoms with Crippen molar-refractivity contribution >= 4 is 11.8 Å². The molecule has 0 aliphatic carbocycles. The zero-order chi connectivity index (χ0) is 14.0. The SMILES string of the molecule is CC1C[N+]2(CCCCC2)CC1CSc1ccc(F)cc1. The molecular formula is C17H25FNS+. The van der Waals surface area contributed by atoms with Crippen molar-refractivity contribution in [3.8, 4) is 0 Å². The van der Waals surface area contributed by atoms with E-state index in [1.807, 2.05) is 23.9 Å². The lowest BCUT2D eigenvalue weighted by Crippen LogP contribution is -2.49. The summed E-state index contributed by atoms with van der Waals surface area (Å²) >= 11 is 1.90. The Bertz CT molecular complexity index is 439. The Morgan fingerprint density at radius 1 is 1.10 bits per heavy atom. The fourth-order valence-electron chi connectivity index (χ4n) is 4.01. The Morgan fingerprint density at radius 3 is 2.50 bits per heavy atom. The number of nitrogens with zero attached hydrogens (tertiary/aromatic N) is 1. The van der Waals surface area contributed by atoms with Crippen LogP contribution in [-0.2, 0) is 0 Å². The van der Waals surface area contributed by atoms with E-state index in [-0.39, 0.29) is 5.82 Å². The standard InChI is InChI=1S/C17H25FNS/c1-14-11-19(9-3-2-4-10-19)12-15(14)13-20-17-7-5-16(18)6-8-17/h5-8,14-15H,2-4,9-13H2,1H3/q+1. The number of thioether (sulfide) groups is 1. The Labute approximate surface area is 126 Å². The third kappa shape index (κ3) is 3.20. The number of halogens is 1. The zero-order valence-corrected chi connectivity index (χ0v) is 13.2. The average Bonchev–Trinajstić information content (AvgIpc) is 2.75. The minimum absolute atomic E-state index is 0.138. The molecule has 2 heterocycles. The molecule has 2 aliphatic rings. The maximum atomic E-state index is 12.9. The van der Waals surface area contributed by atoms with Gasteiger partial charge in [-0.25, -0.2) is 4.39 Å². The number of rotatable bonds is 3. The predicted octanol–water partition coefficient (Wildman–Crippen LogP) is 4.18. The van der Waals surface area contributed by atoms with Crippen LogP contribution in [0, 0.1) is 17.7 Å². The summed E-state index contributed by atoms with van der Waals surface area (Å²) in [6.45, 7) is 7.99. The van der Waals surface area contributed by atoms with Crippen molar-refractivity contribution in [1.29, 1.82) is 0 Å². The average molecular weight is 294 g/mol. The molecular weight excluding hydrogens is 269 g/mol. The molecule has 110 valence electrons. The molecule has 3 heteroatoms. The van der Waals surface area contributed by atoms with Gasteiger partial charge >= 0.3 is 0 Å². The van der Waals surface area contributed by atoms with Crippen LogP contribution in [0.25, 0.3) is 0 Å². The smallest absolute Gasteiger partial charge is 0.123 e. The molecule has 0 amide bonds. The van der Waals surface area contributed by atoms with Gasteiger partial charge in [0.25, 0.3) is 0 Å². The van der Waals surface area contributed by atoms with Crippen molar-refractivity contribution in [3.63, 3.8) is 0 Å². The van der Waals surface area contributed by atoms with E-state index in [9.17, 15) is 4.39 Å². The van der Waals surface area contributed by atoms with Crippen molar-refractivity contribution in [3.05, 3.63) is 30.1 Å². The molecule has 1 spiro atoms. The Balaban J connectivity index is 1.56. The summed E-state index contributed by atoms with van der Waals surface area (Å²) in [6, 6.07) is 6.95. The molecule has 2 aliphatic heterocycles. The summed E-state index contributed by atoms with van der Waals surface area (Å²) in [7, 11) is 0. The van der Waals surface area contributed by atoms with E-state index in [1.165, 1.54) is 60.6 Å². The third-order valence-corrected chi connectivity index (χ3v) is 6.34. The van der Waals surface area contributed by atoms with Gasteiger partial charge in [-0.2, -0.15) is 0 Å². The first kappa shape index (κ1) is 14.4. The maximum Gasteiger partial charge on any atom is 0.123 e. The van der Waals surface area contributed by atoms with Gasteiger partial charge in [-0.05, 0) is 43.5 Å². The number of piperidine rings is 1. The van der Waals surface area contributed by atoms with Crippen molar-refractivity contribution < 1.29 is 8.87 Å². The lowest BCUT2D eigenvalue weighted by molar-refractivity contribution is -0.923. The number of quaternary nitrogens is 1. The normalized spacial score (nSPS) is 28.9. The van der Waals surface area contributed by atoms with Crippen LogP contribution in [0.2, 0.25) is 0 Å². The molecule has 2 atom stereocenters. The molecule has 20 heavy (non-hydrogen) atoms. The van der Waals surface area contributed by atoms with Crippen LogP contribution >= 0.6 is 11.8 Å². The van der Waals surface area contributed by atoms with Crippen LogP contribution < -0.4 is 0 Å². The second-order valence-corrected chi connectivity index (χ2v) is 7.81. The summed E-state index contributed by atoms with van der Waals surface area (Å²) in [5, 5.41) is 0. The van der Waals surface area contributed by atoms with Crippen molar-refractivity contribution in [2.24, 2.45) is 11.8 Å². The summed E-state index contributed by atoms with van der Waals surface area (Å²) in [4.78, 5) is 1.20. The second-order valence-electron chi connectivity index (χ2n) is 6.72. The molecule has 2 fully saturated rings. The van der Waals surface area contributed by atoms with Gasteiger partial charge in [0.1, 0.15) is 5.82 Å². The molecule has 0 aromatic heterocycles. The fraction of sp³-hybridized carbons (Fsp3) is 0.647. The highest BCUT2D eigenvalue weighted by Crippen LogP contribution is 2.36. The highest BCUT2D eigenvalue weighted by atomic mass is 32.2. The van der Waals surface area contributed by atoms with Crippen LogP contribution in [0.5, 0.6) is 0 Å². The first-order valence-corrected chi connectivity index (χ1v) is 8.89. The van der Waals surface area contributed by atoms with E-state index in [1.54, 1.807) is 12.1 Å². The van der Waals surface area contributed by atoms with Gasteiger partial charge in [-0.1, -0.05) is 6.92 Å². The third-order valence-electron chi connectivity index (χ3n) is 5.14. The van der Waals surface area contributed by atoms with Gasteiger partial charge in [0.15, 0.2) is 0 Å². The van der Waals surface area contributed by atoms with Crippen molar-refractivity contribution in [1.82, 2.24) is 0 Å². The first-order valence-electron chi connectivity index (χ1n) is 7.90. The number of benzene rings is 1. The molecule has 0 radical (unpaired) electrons. The summed E-state index contributed by atoms with van der Waals surface area (Å²) < 4.78 is 14.3. The van der Waals surface area contributed by atoms with Gasteiger partial charge in [0, 0.05) is 22.5 Å². The van der Waals surface area contributed by atoms with Crippen LogP contribution in [0.15, 0.2) is 29.2 Å². The lowest BCUT2D eigenvalue weighted by atomic mass is 10.0. The topological polar surface area (TPSA) is 0 Å². The number of hydrogen-bond donors (Lipinski definition) is 0. The molecule has 1 nitrogen and oxygen atoms in total. The molecule has 0 bridgehead atoms. The minimum Gasteiger partial charge on any atom is -0.323 e. The van der Waals surface area contributed by atoms with E-state index in [0.717, 1.165) is 11.8 Å². The monoisotopic (exact) mass is 294 g/mol. The van der Waals surface area contributed by atoms with Crippen LogP contribution in [-0.4, -0.2) is 36.4 Å². The predicted molar refractivity (Wildman–Crippen MR) is 83.4 cm³/mol. The van der Waals surface area contributed by atoms with Crippen LogP contribution in [0.3, 0.4) is 0 Å². The fourth-order valence-corrected chi connectivity index (χ4v) is 5.18. The summed E-state index contributed by atoms with van der Waals surface area (Å²) in [6.07, 6.45) is 4.28. The Morgan fingerprint density at radius 2 is 1.80 bits per heavy atom. The van der Waals surface area contributed by atoms with E-state index in [0.29, 0.717) is 0 Å². The molecule has 3 rings (SSSR count). The maximum absolute atomic E-state index is 12.9. The summed E-state index contributed by atoms with van der Waals surface area (Å²) in [5.74, 6) is 2.71. The zero-order valence-electron chi connectivity index (χ0n) is 12.4.